The van der Waals surface area contributed by atoms with Crippen molar-refractivity contribution in [3.63, 3.8) is 0 Å². The average Bonchev–Trinajstić information content (AvgIpc) is 3.16. The van der Waals surface area contributed by atoms with Gasteiger partial charge in [-0.1, -0.05) is 30.3 Å². The van der Waals surface area contributed by atoms with Gasteiger partial charge in [0.2, 0.25) is 0 Å². The maximum atomic E-state index is 11.3. The van der Waals surface area contributed by atoms with E-state index in [0.717, 1.165) is 11.8 Å². The fourth-order valence-electron chi connectivity index (χ4n) is 2.58. The van der Waals surface area contributed by atoms with Gasteiger partial charge in [0.05, 0.1) is 16.8 Å². The number of hydrogen-bond acceptors (Lipinski definition) is 4. The topological polar surface area (TPSA) is 120 Å². The monoisotopic (exact) mass is 366 g/mol. The van der Waals surface area contributed by atoms with E-state index in [9.17, 15) is 14.4 Å². The number of benzene rings is 2. The number of nitrogens with one attached hydrogen (secondary N) is 1. The van der Waals surface area contributed by atoms with Crippen LogP contribution in [0.2, 0.25) is 0 Å². The molecule has 1 aromatic heterocycles. The molecule has 0 bridgehead atoms. The van der Waals surface area contributed by atoms with E-state index >= 15 is 0 Å². The second kappa shape index (κ2) is 8.57. The number of rotatable bonds is 4. The summed E-state index contributed by atoms with van der Waals surface area (Å²) >= 11 is 0. The van der Waals surface area contributed by atoms with Crippen LogP contribution in [0, 0.1) is 6.92 Å². The van der Waals surface area contributed by atoms with Crippen molar-refractivity contribution in [3.05, 3.63) is 77.0 Å². The molecule has 0 atom stereocenters. The number of hydrogen-bond donors (Lipinski definition) is 3. The highest BCUT2D eigenvalue weighted by Crippen LogP contribution is 2.18. The summed E-state index contributed by atoms with van der Waals surface area (Å²) in [7, 11) is 0. The number of aromatic amines is 1. The predicted octanol–water partition coefficient (Wildman–Crippen LogP) is 3.67. The van der Waals surface area contributed by atoms with Crippen LogP contribution < -0.4 is 0 Å². The zero-order chi connectivity index (χ0) is 20.0. The number of carbonyl (C=O) groups is 3. The number of aromatic carboxylic acids is 2. The van der Waals surface area contributed by atoms with Gasteiger partial charge < -0.3 is 10.2 Å². The normalized spacial score (nSPS) is 9.85. The Morgan fingerprint density at radius 2 is 1.63 bits per heavy atom. The third-order valence-corrected chi connectivity index (χ3v) is 3.75. The number of carbonyl (C=O) groups excluding carboxylic acids is 1. The Kier molecular flexibility index (Phi) is 6.22. The maximum Gasteiger partial charge on any atom is 0.336 e. The van der Waals surface area contributed by atoms with Crippen LogP contribution in [0.15, 0.2) is 54.7 Å². The summed E-state index contributed by atoms with van der Waals surface area (Å²) in [5.74, 6) is -2.93. The third kappa shape index (κ3) is 4.88. The van der Waals surface area contributed by atoms with Crippen LogP contribution in [0.4, 0.5) is 0 Å². The van der Waals surface area contributed by atoms with Crippen LogP contribution in [0.25, 0.3) is 11.3 Å². The summed E-state index contributed by atoms with van der Waals surface area (Å²) in [5, 5.41) is 24.4. The van der Waals surface area contributed by atoms with Gasteiger partial charge in [0.15, 0.2) is 5.78 Å². The molecule has 7 heteroatoms. The fraction of sp³-hybridized carbons (Fsp3) is 0.100. The lowest BCUT2D eigenvalue weighted by Crippen LogP contribution is -2.11. The number of aryl methyl sites for hydroxylation is 1. The molecule has 3 aromatic rings. The third-order valence-electron chi connectivity index (χ3n) is 3.75. The molecule has 2 aromatic carbocycles. The Morgan fingerprint density at radius 1 is 0.963 bits per heavy atom. The van der Waals surface area contributed by atoms with Crippen molar-refractivity contribution >= 4 is 17.7 Å². The molecule has 0 unspecified atom stereocenters. The lowest BCUT2D eigenvalue weighted by molar-refractivity contribution is 0.0692. The van der Waals surface area contributed by atoms with E-state index in [0.29, 0.717) is 5.56 Å². The van der Waals surface area contributed by atoms with Crippen molar-refractivity contribution < 1.29 is 24.6 Å². The first kappa shape index (κ1) is 19.6. The molecule has 0 saturated carbocycles. The van der Waals surface area contributed by atoms with Crippen molar-refractivity contribution in [3.8, 4) is 11.3 Å². The molecule has 1 heterocycles. The molecule has 0 spiro atoms. The minimum Gasteiger partial charge on any atom is -0.478 e. The van der Waals surface area contributed by atoms with Gasteiger partial charge in [-0.25, -0.2) is 9.59 Å². The summed E-state index contributed by atoms with van der Waals surface area (Å²) in [6.07, 6.45) is 1.75. The van der Waals surface area contributed by atoms with Crippen LogP contribution in [-0.4, -0.2) is 38.1 Å². The van der Waals surface area contributed by atoms with Gasteiger partial charge in [0, 0.05) is 11.8 Å². The van der Waals surface area contributed by atoms with Gasteiger partial charge in [-0.15, -0.1) is 0 Å². The minimum absolute atomic E-state index is 0.0532. The van der Waals surface area contributed by atoms with Crippen molar-refractivity contribution in [1.29, 1.82) is 0 Å². The Labute approximate surface area is 155 Å². The van der Waals surface area contributed by atoms with Crippen molar-refractivity contribution in [2.45, 2.75) is 13.8 Å². The zero-order valence-corrected chi connectivity index (χ0v) is 14.8. The highest BCUT2D eigenvalue weighted by Gasteiger charge is 2.19. The van der Waals surface area contributed by atoms with E-state index in [1.54, 1.807) is 6.20 Å². The van der Waals surface area contributed by atoms with E-state index in [-0.39, 0.29) is 16.7 Å². The van der Waals surface area contributed by atoms with Crippen LogP contribution in [-0.2, 0) is 0 Å². The van der Waals surface area contributed by atoms with Crippen molar-refractivity contribution in [2.24, 2.45) is 0 Å². The lowest BCUT2D eigenvalue weighted by atomic mass is 9.96. The first-order valence-electron chi connectivity index (χ1n) is 7.98. The minimum atomic E-state index is -1.31. The lowest BCUT2D eigenvalue weighted by Gasteiger charge is -2.08. The Bertz CT molecular complexity index is 964. The van der Waals surface area contributed by atoms with Crippen LogP contribution in [0.1, 0.15) is 43.6 Å². The molecular weight excluding hydrogens is 348 g/mol. The first-order chi connectivity index (χ1) is 12.8. The van der Waals surface area contributed by atoms with Gasteiger partial charge in [-0.05, 0) is 43.2 Å². The van der Waals surface area contributed by atoms with Gasteiger partial charge in [-0.3, -0.25) is 9.89 Å². The molecule has 3 N–H and O–H groups in total. The average molecular weight is 366 g/mol. The molecule has 0 aliphatic heterocycles. The zero-order valence-electron chi connectivity index (χ0n) is 14.8. The molecule has 138 valence electrons. The van der Waals surface area contributed by atoms with E-state index < -0.39 is 17.7 Å². The van der Waals surface area contributed by atoms with Crippen molar-refractivity contribution in [1.82, 2.24) is 10.2 Å². The van der Waals surface area contributed by atoms with Crippen molar-refractivity contribution in [2.75, 3.05) is 0 Å². The highest BCUT2D eigenvalue weighted by molar-refractivity contribution is 6.07. The van der Waals surface area contributed by atoms with Gasteiger partial charge >= 0.3 is 11.9 Å². The molecule has 7 nitrogen and oxygen atoms in total. The largest absolute Gasteiger partial charge is 0.478 e. The first-order valence-corrected chi connectivity index (χ1v) is 7.98. The number of Topliss-reactive ketones (excluding diaryl/α,β-unsaturated/α-hetero) is 1. The SMILES string of the molecule is CC(=O)c1c(C)cc(C(=O)O)cc1C(=O)O.c1ccc(-c2ccn[nH]2)cc1. The molecule has 27 heavy (non-hydrogen) atoms. The number of nitrogens with zero attached hydrogens (tertiary/aromatic N) is 1. The number of aromatic nitrogens is 2. The fourth-order valence-corrected chi connectivity index (χ4v) is 2.58. The molecular formula is C20H18N2O5. The van der Waals surface area contributed by atoms with E-state index in [2.05, 4.69) is 10.2 Å². The van der Waals surface area contributed by atoms with Gasteiger partial charge in [0.25, 0.3) is 0 Å². The van der Waals surface area contributed by atoms with E-state index in [1.807, 2.05) is 36.4 Å². The Morgan fingerprint density at radius 3 is 2.11 bits per heavy atom. The molecule has 0 amide bonds. The van der Waals surface area contributed by atoms with E-state index in [4.69, 9.17) is 10.2 Å². The van der Waals surface area contributed by atoms with Crippen LogP contribution >= 0.6 is 0 Å². The molecule has 0 fully saturated rings. The maximum absolute atomic E-state index is 11.3. The Balaban J connectivity index is 0.000000206. The summed E-state index contributed by atoms with van der Waals surface area (Å²) in [4.78, 5) is 32.9. The molecule has 0 saturated heterocycles. The highest BCUT2D eigenvalue weighted by atomic mass is 16.4. The molecule has 0 aliphatic rings. The summed E-state index contributed by atoms with van der Waals surface area (Å²) in [6, 6.07) is 14.3. The number of carboxylic acid groups (broad SMARTS) is 2. The van der Waals surface area contributed by atoms with Gasteiger partial charge in [-0.2, -0.15) is 5.10 Å². The summed E-state index contributed by atoms with van der Waals surface area (Å²) in [5.41, 5.74) is 2.22. The molecule has 0 radical (unpaired) electrons. The van der Waals surface area contributed by atoms with Gasteiger partial charge in [0.1, 0.15) is 0 Å². The quantitative estimate of drug-likeness (QED) is 0.606. The standard InChI is InChI=1S/C11H10O5.C9H8N2/c1-5-3-7(10(13)14)4-8(11(15)16)9(5)6(2)12;1-2-4-8(5-3-1)9-6-7-10-11-9/h3-4H,1-2H3,(H,13,14)(H,15,16);1-7H,(H,10,11). The molecule has 0 aliphatic carbocycles. The van der Waals surface area contributed by atoms with Crippen LogP contribution in [0.5, 0.6) is 0 Å². The molecule has 3 rings (SSSR count). The number of carboxylic acids is 2. The summed E-state index contributed by atoms with van der Waals surface area (Å²) < 4.78 is 0. The van der Waals surface area contributed by atoms with E-state index in [1.165, 1.54) is 25.5 Å². The second-order valence-electron chi connectivity index (χ2n) is 5.72. The second-order valence-corrected chi connectivity index (χ2v) is 5.72. The summed E-state index contributed by atoms with van der Waals surface area (Å²) in [6.45, 7) is 2.75. The van der Waals surface area contributed by atoms with Crippen LogP contribution in [0.3, 0.4) is 0 Å². The predicted molar refractivity (Wildman–Crippen MR) is 99.1 cm³/mol. The smallest absolute Gasteiger partial charge is 0.336 e. The Hall–Kier alpha value is -3.74. The number of H-pyrrole nitrogens is 1. The number of ketones is 1.